The van der Waals surface area contributed by atoms with Crippen LogP contribution in [0, 0.1) is 0 Å². The van der Waals surface area contributed by atoms with Crippen LogP contribution in [0.25, 0.3) is 0 Å². The number of rotatable bonds is 6. The van der Waals surface area contributed by atoms with Gasteiger partial charge in [-0.3, -0.25) is 9.59 Å². The Kier molecular flexibility index (Phi) is 5.96. The van der Waals surface area contributed by atoms with E-state index in [9.17, 15) is 9.59 Å². The van der Waals surface area contributed by atoms with Gasteiger partial charge in [-0.15, -0.1) is 0 Å². The van der Waals surface area contributed by atoms with Crippen LogP contribution in [0.15, 0.2) is 48.5 Å². The molecule has 2 amide bonds. The van der Waals surface area contributed by atoms with Crippen LogP contribution in [0.4, 0.5) is 0 Å². The molecule has 1 N–H and O–H groups in total. The number of methoxy groups -OCH3 is 2. The third kappa shape index (κ3) is 4.22. The molecule has 0 bridgehead atoms. The molecule has 1 aliphatic heterocycles. The predicted molar refractivity (Wildman–Crippen MR) is 102 cm³/mol. The summed E-state index contributed by atoms with van der Waals surface area (Å²) in [4.78, 5) is 27.7. The summed E-state index contributed by atoms with van der Waals surface area (Å²) in [5.41, 5.74) is 1.17. The van der Waals surface area contributed by atoms with Gasteiger partial charge in [0.15, 0.2) is 11.5 Å². The van der Waals surface area contributed by atoms with Gasteiger partial charge in [0.1, 0.15) is 6.04 Å². The molecule has 0 aliphatic carbocycles. The summed E-state index contributed by atoms with van der Waals surface area (Å²) in [7, 11) is 3.06. The molecule has 1 saturated heterocycles. The van der Waals surface area contributed by atoms with Crippen LogP contribution >= 0.6 is 0 Å². The van der Waals surface area contributed by atoms with E-state index in [-0.39, 0.29) is 11.8 Å². The van der Waals surface area contributed by atoms with Gasteiger partial charge in [0.2, 0.25) is 5.91 Å². The van der Waals surface area contributed by atoms with E-state index in [0.29, 0.717) is 17.1 Å². The fraction of sp³-hybridized carbons (Fsp3) is 0.333. The van der Waals surface area contributed by atoms with E-state index >= 15 is 0 Å². The zero-order valence-corrected chi connectivity index (χ0v) is 15.6. The van der Waals surface area contributed by atoms with Gasteiger partial charge in [-0.05, 0) is 36.6 Å². The van der Waals surface area contributed by atoms with E-state index in [2.05, 4.69) is 5.32 Å². The SMILES string of the molecule is COc1ccc(C(=O)N[C@H](C(=O)N2CCCC2)c2ccccc2)cc1OC. The molecule has 2 aromatic carbocycles. The van der Waals surface area contributed by atoms with Crippen LogP contribution in [0.1, 0.15) is 34.8 Å². The average molecular weight is 368 g/mol. The first-order chi connectivity index (χ1) is 13.1. The molecule has 1 atom stereocenters. The number of nitrogens with zero attached hydrogens (tertiary/aromatic N) is 1. The van der Waals surface area contributed by atoms with E-state index in [1.165, 1.54) is 14.2 Å². The predicted octanol–water partition coefficient (Wildman–Crippen LogP) is 2.80. The molecule has 6 nitrogen and oxygen atoms in total. The Morgan fingerprint density at radius 1 is 0.963 bits per heavy atom. The van der Waals surface area contributed by atoms with Gasteiger partial charge in [0.05, 0.1) is 14.2 Å². The maximum Gasteiger partial charge on any atom is 0.252 e. The quantitative estimate of drug-likeness (QED) is 0.851. The van der Waals surface area contributed by atoms with E-state index in [1.807, 2.05) is 35.2 Å². The Hall–Kier alpha value is -3.02. The van der Waals surface area contributed by atoms with Crippen molar-refractivity contribution in [2.75, 3.05) is 27.3 Å². The Labute approximate surface area is 159 Å². The summed E-state index contributed by atoms with van der Waals surface area (Å²) in [6, 6.07) is 13.5. The van der Waals surface area contributed by atoms with Crippen molar-refractivity contribution in [1.29, 1.82) is 0 Å². The van der Waals surface area contributed by atoms with Crippen molar-refractivity contribution in [2.24, 2.45) is 0 Å². The minimum Gasteiger partial charge on any atom is -0.493 e. The van der Waals surface area contributed by atoms with E-state index in [4.69, 9.17) is 9.47 Å². The lowest BCUT2D eigenvalue weighted by atomic mass is 10.0. The van der Waals surface area contributed by atoms with Crippen molar-refractivity contribution >= 4 is 11.8 Å². The summed E-state index contributed by atoms with van der Waals surface area (Å²) < 4.78 is 10.5. The molecule has 3 rings (SSSR count). The Morgan fingerprint density at radius 3 is 2.26 bits per heavy atom. The maximum atomic E-state index is 13.0. The smallest absolute Gasteiger partial charge is 0.252 e. The normalized spacial score (nSPS) is 14.5. The van der Waals surface area contributed by atoms with Gasteiger partial charge in [-0.1, -0.05) is 30.3 Å². The first kappa shape index (κ1) is 18.8. The lowest BCUT2D eigenvalue weighted by Gasteiger charge is -2.24. The second kappa shape index (κ2) is 8.58. The average Bonchev–Trinajstić information content (AvgIpc) is 3.26. The van der Waals surface area contributed by atoms with Crippen LogP contribution in [0.5, 0.6) is 11.5 Å². The van der Waals surface area contributed by atoms with Crippen molar-refractivity contribution in [1.82, 2.24) is 10.2 Å². The summed E-state index contributed by atoms with van der Waals surface area (Å²) in [6.07, 6.45) is 1.99. The van der Waals surface area contributed by atoms with Gasteiger partial charge in [0.25, 0.3) is 5.91 Å². The van der Waals surface area contributed by atoms with E-state index < -0.39 is 6.04 Å². The fourth-order valence-electron chi connectivity index (χ4n) is 3.25. The van der Waals surface area contributed by atoms with Crippen LogP contribution in [0.3, 0.4) is 0 Å². The van der Waals surface area contributed by atoms with Gasteiger partial charge in [-0.2, -0.15) is 0 Å². The van der Waals surface area contributed by atoms with Crippen molar-refractivity contribution < 1.29 is 19.1 Å². The molecule has 0 aromatic heterocycles. The number of hydrogen-bond donors (Lipinski definition) is 1. The number of ether oxygens (including phenoxy) is 2. The highest BCUT2D eigenvalue weighted by Gasteiger charge is 2.29. The molecule has 142 valence electrons. The topological polar surface area (TPSA) is 67.9 Å². The standard InChI is InChI=1S/C21H24N2O4/c1-26-17-11-10-16(14-18(17)27-2)20(24)22-19(15-8-4-3-5-9-15)21(25)23-12-6-7-13-23/h3-5,8-11,14,19H,6-7,12-13H2,1-2H3,(H,22,24)/t19-/m0/s1. The third-order valence-corrected chi connectivity index (χ3v) is 4.72. The Morgan fingerprint density at radius 2 is 1.63 bits per heavy atom. The molecule has 0 radical (unpaired) electrons. The summed E-state index contributed by atoms with van der Waals surface area (Å²) in [6.45, 7) is 1.46. The lowest BCUT2D eigenvalue weighted by Crippen LogP contribution is -2.41. The summed E-state index contributed by atoms with van der Waals surface area (Å²) >= 11 is 0. The van der Waals surface area contributed by atoms with Crippen molar-refractivity contribution in [2.45, 2.75) is 18.9 Å². The number of carbonyl (C=O) groups is 2. The second-order valence-electron chi connectivity index (χ2n) is 6.42. The van der Waals surface area contributed by atoms with Crippen LogP contribution in [-0.4, -0.2) is 44.0 Å². The fourth-order valence-corrected chi connectivity index (χ4v) is 3.25. The van der Waals surface area contributed by atoms with Gasteiger partial charge in [-0.25, -0.2) is 0 Å². The number of hydrogen-bond acceptors (Lipinski definition) is 4. The Bertz CT molecular complexity index is 801. The molecular weight excluding hydrogens is 344 g/mol. The highest BCUT2D eigenvalue weighted by atomic mass is 16.5. The van der Waals surface area contributed by atoms with Gasteiger partial charge < -0.3 is 19.7 Å². The largest absolute Gasteiger partial charge is 0.493 e. The first-order valence-electron chi connectivity index (χ1n) is 9.00. The monoisotopic (exact) mass is 368 g/mol. The maximum absolute atomic E-state index is 13.0. The molecule has 0 saturated carbocycles. The molecule has 2 aromatic rings. The summed E-state index contributed by atoms with van der Waals surface area (Å²) in [5.74, 6) is 0.596. The number of carbonyl (C=O) groups excluding carboxylic acids is 2. The first-order valence-corrected chi connectivity index (χ1v) is 9.00. The lowest BCUT2D eigenvalue weighted by molar-refractivity contribution is -0.132. The van der Waals surface area contributed by atoms with E-state index in [0.717, 1.165) is 31.5 Å². The van der Waals surface area contributed by atoms with Gasteiger partial charge in [0, 0.05) is 18.7 Å². The van der Waals surface area contributed by atoms with E-state index in [1.54, 1.807) is 18.2 Å². The molecule has 27 heavy (non-hydrogen) atoms. The number of benzene rings is 2. The zero-order chi connectivity index (χ0) is 19.2. The zero-order valence-electron chi connectivity index (χ0n) is 15.6. The van der Waals surface area contributed by atoms with Crippen LogP contribution < -0.4 is 14.8 Å². The number of nitrogens with one attached hydrogen (secondary N) is 1. The minimum atomic E-state index is -0.718. The second-order valence-corrected chi connectivity index (χ2v) is 6.42. The molecule has 1 fully saturated rings. The molecular formula is C21H24N2O4. The molecule has 6 heteroatoms. The molecule has 0 spiro atoms. The van der Waals surface area contributed by atoms with Crippen LogP contribution in [-0.2, 0) is 4.79 Å². The van der Waals surface area contributed by atoms with Crippen molar-refractivity contribution in [3.63, 3.8) is 0 Å². The summed E-state index contributed by atoms with van der Waals surface area (Å²) in [5, 5.41) is 2.89. The minimum absolute atomic E-state index is 0.0764. The number of amides is 2. The Balaban J connectivity index is 1.85. The van der Waals surface area contributed by atoms with Crippen LogP contribution in [0.2, 0.25) is 0 Å². The molecule has 1 aliphatic rings. The van der Waals surface area contributed by atoms with Crippen molar-refractivity contribution in [3.05, 3.63) is 59.7 Å². The van der Waals surface area contributed by atoms with Gasteiger partial charge >= 0.3 is 0 Å². The number of likely N-dealkylation sites (tertiary alicyclic amines) is 1. The van der Waals surface area contributed by atoms with Crippen molar-refractivity contribution in [3.8, 4) is 11.5 Å². The molecule has 0 unspecified atom stereocenters. The highest BCUT2D eigenvalue weighted by molar-refractivity contribution is 5.98. The third-order valence-electron chi connectivity index (χ3n) is 4.72. The highest BCUT2D eigenvalue weighted by Crippen LogP contribution is 2.28. The molecule has 1 heterocycles.